The SMILES string of the molecule is CCOC(=O)c1sc(NC(=O)c2c(Cl)cnn2C)c(C(=O)OC)c1C. The first-order valence-electron chi connectivity index (χ1n) is 7.19. The van der Waals surface area contributed by atoms with E-state index in [-0.39, 0.29) is 32.8 Å². The monoisotopic (exact) mass is 385 g/mol. The summed E-state index contributed by atoms with van der Waals surface area (Å²) < 4.78 is 11.0. The van der Waals surface area contributed by atoms with E-state index >= 15 is 0 Å². The van der Waals surface area contributed by atoms with Crippen LogP contribution in [0.5, 0.6) is 0 Å². The van der Waals surface area contributed by atoms with Crippen LogP contribution < -0.4 is 5.32 Å². The van der Waals surface area contributed by atoms with Crippen LogP contribution in [-0.4, -0.2) is 41.3 Å². The number of halogens is 1. The Balaban J connectivity index is 2.45. The highest BCUT2D eigenvalue weighted by atomic mass is 35.5. The normalized spacial score (nSPS) is 10.4. The Morgan fingerprint density at radius 1 is 1.36 bits per heavy atom. The van der Waals surface area contributed by atoms with Crippen LogP contribution in [0.4, 0.5) is 5.00 Å². The van der Waals surface area contributed by atoms with Crippen LogP contribution in [0.3, 0.4) is 0 Å². The summed E-state index contributed by atoms with van der Waals surface area (Å²) in [6, 6.07) is 0. The van der Waals surface area contributed by atoms with E-state index in [1.807, 2.05) is 0 Å². The Labute approximate surface area is 152 Å². The van der Waals surface area contributed by atoms with Crippen molar-refractivity contribution in [3.63, 3.8) is 0 Å². The summed E-state index contributed by atoms with van der Waals surface area (Å²) in [7, 11) is 2.78. The molecular weight excluding hydrogens is 370 g/mol. The van der Waals surface area contributed by atoms with Crippen molar-refractivity contribution in [2.75, 3.05) is 19.0 Å². The van der Waals surface area contributed by atoms with Crippen molar-refractivity contribution in [3.05, 3.63) is 32.9 Å². The fourth-order valence-electron chi connectivity index (χ4n) is 2.17. The topological polar surface area (TPSA) is 99.5 Å². The van der Waals surface area contributed by atoms with Crippen LogP contribution in [0.2, 0.25) is 5.02 Å². The maximum absolute atomic E-state index is 12.5. The molecule has 0 atom stereocenters. The number of carbonyl (C=O) groups is 3. The average molecular weight is 386 g/mol. The molecule has 0 bridgehead atoms. The molecule has 0 aliphatic heterocycles. The number of aromatic nitrogens is 2. The number of amides is 1. The molecule has 2 aromatic heterocycles. The van der Waals surface area contributed by atoms with Gasteiger partial charge in [-0.3, -0.25) is 9.48 Å². The van der Waals surface area contributed by atoms with E-state index in [0.717, 1.165) is 11.3 Å². The molecule has 0 aliphatic rings. The van der Waals surface area contributed by atoms with Crippen molar-refractivity contribution >= 4 is 45.8 Å². The molecule has 0 radical (unpaired) electrons. The number of ether oxygens (including phenoxy) is 2. The lowest BCUT2D eigenvalue weighted by atomic mass is 10.1. The minimum absolute atomic E-state index is 0.0993. The van der Waals surface area contributed by atoms with Crippen molar-refractivity contribution in [2.45, 2.75) is 13.8 Å². The van der Waals surface area contributed by atoms with Crippen molar-refractivity contribution in [3.8, 4) is 0 Å². The summed E-state index contributed by atoms with van der Waals surface area (Å²) in [4.78, 5) is 36.8. The van der Waals surface area contributed by atoms with Crippen LogP contribution in [-0.2, 0) is 16.5 Å². The fourth-order valence-corrected chi connectivity index (χ4v) is 3.50. The number of thiophene rings is 1. The van der Waals surface area contributed by atoms with E-state index in [2.05, 4.69) is 10.4 Å². The second kappa shape index (κ2) is 7.66. The van der Waals surface area contributed by atoms with E-state index < -0.39 is 17.8 Å². The first-order valence-corrected chi connectivity index (χ1v) is 8.38. The first kappa shape index (κ1) is 18.9. The highest BCUT2D eigenvalue weighted by Crippen LogP contribution is 2.34. The Morgan fingerprint density at radius 2 is 2.04 bits per heavy atom. The molecule has 2 aromatic rings. The zero-order chi connectivity index (χ0) is 18.7. The second-order valence-corrected chi connectivity index (χ2v) is 6.32. The van der Waals surface area contributed by atoms with Gasteiger partial charge in [0.15, 0.2) is 0 Å². The van der Waals surface area contributed by atoms with Crippen LogP contribution in [0, 0.1) is 6.92 Å². The third-order valence-electron chi connectivity index (χ3n) is 3.33. The van der Waals surface area contributed by atoms with Gasteiger partial charge in [-0.25, -0.2) is 9.59 Å². The van der Waals surface area contributed by atoms with Gasteiger partial charge in [-0.1, -0.05) is 11.6 Å². The number of carbonyl (C=O) groups excluding carboxylic acids is 3. The largest absolute Gasteiger partial charge is 0.465 e. The molecule has 0 fully saturated rings. The molecule has 2 heterocycles. The molecule has 0 saturated heterocycles. The van der Waals surface area contributed by atoms with Crippen molar-refractivity contribution in [1.29, 1.82) is 0 Å². The minimum atomic E-state index is -0.671. The maximum atomic E-state index is 12.5. The quantitative estimate of drug-likeness (QED) is 0.794. The van der Waals surface area contributed by atoms with Crippen LogP contribution >= 0.6 is 22.9 Å². The van der Waals surface area contributed by atoms with Gasteiger partial charge in [-0.2, -0.15) is 5.10 Å². The predicted molar refractivity (Wildman–Crippen MR) is 92.5 cm³/mol. The molecule has 1 N–H and O–H groups in total. The average Bonchev–Trinajstić information content (AvgIpc) is 3.06. The number of nitrogens with one attached hydrogen (secondary N) is 1. The Kier molecular flexibility index (Phi) is 5.81. The standard InChI is InChI=1S/C15H16ClN3O5S/c1-5-24-15(22)11-7(2)9(14(21)23-4)13(25-11)18-12(20)10-8(16)6-17-19(10)3/h6H,5H2,1-4H3,(H,18,20). The van der Waals surface area contributed by atoms with Gasteiger partial charge in [0, 0.05) is 7.05 Å². The van der Waals surface area contributed by atoms with E-state index in [9.17, 15) is 14.4 Å². The molecule has 0 aromatic carbocycles. The fraction of sp³-hybridized carbons (Fsp3) is 0.333. The summed E-state index contributed by atoms with van der Waals surface area (Å²) in [5.41, 5.74) is 0.602. The number of esters is 2. The molecule has 8 nitrogen and oxygen atoms in total. The summed E-state index contributed by atoms with van der Waals surface area (Å²) in [5.74, 6) is -1.81. The van der Waals surface area contributed by atoms with Crippen molar-refractivity contribution < 1.29 is 23.9 Å². The maximum Gasteiger partial charge on any atom is 0.348 e. The Morgan fingerprint density at radius 3 is 2.56 bits per heavy atom. The van der Waals surface area contributed by atoms with Gasteiger partial charge in [-0.15, -0.1) is 11.3 Å². The number of anilines is 1. The summed E-state index contributed by atoms with van der Waals surface area (Å²) in [6.07, 6.45) is 1.33. The number of nitrogens with zero attached hydrogens (tertiary/aromatic N) is 2. The van der Waals surface area contributed by atoms with Crippen molar-refractivity contribution in [2.24, 2.45) is 7.05 Å². The summed E-state index contributed by atoms with van der Waals surface area (Å²) in [5, 5.41) is 6.82. The van der Waals surface area contributed by atoms with Crippen LogP contribution in [0.1, 0.15) is 43.0 Å². The Hall–Kier alpha value is -2.39. The molecule has 2 rings (SSSR count). The zero-order valence-corrected chi connectivity index (χ0v) is 15.6. The first-order chi connectivity index (χ1) is 11.8. The predicted octanol–water partition coefficient (Wildman–Crippen LogP) is 2.66. The summed E-state index contributed by atoms with van der Waals surface area (Å²) in [6.45, 7) is 3.45. The van der Waals surface area contributed by atoms with Crippen LogP contribution in [0.25, 0.3) is 0 Å². The van der Waals surface area contributed by atoms with Gasteiger partial charge in [-0.05, 0) is 19.4 Å². The van der Waals surface area contributed by atoms with Gasteiger partial charge in [0.2, 0.25) is 0 Å². The van der Waals surface area contributed by atoms with Gasteiger partial charge in [0.25, 0.3) is 5.91 Å². The van der Waals surface area contributed by atoms with E-state index in [1.165, 1.54) is 18.0 Å². The number of hydrogen-bond acceptors (Lipinski definition) is 7. The third-order valence-corrected chi connectivity index (χ3v) is 4.80. The smallest absolute Gasteiger partial charge is 0.348 e. The van der Waals surface area contributed by atoms with Gasteiger partial charge in [0.1, 0.15) is 15.6 Å². The number of hydrogen-bond donors (Lipinski definition) is 1. The molecule has 0 aliphatic carbocycles. The molecule has 0 spiro atoms. The zero-order valence-electron chi connectivity index (χ0n) is 14.0. The lowest BCUT2D eigenvalue weighted by molar-refractivity contribution is 0.0531. The van der Waals surface area contributed by atoms with E-state index in [4.69, 9.17) is 21.1 Å². The lowest BCUT2D eigenvalue weighted by Gasteiger charge is -2.06. The number of rotatable bonds is 5. The minimum Gasteiger partial charge on any atom is -0.465 e. The lowest BCUT2D eigenvalue weighted by Crippen LogP contribution is -2.18. The molecule has 25 heavy (non-hydrogen) atoms. The molecule has 134 valence electrons. The molecule has 10 heteroatoms. The molecule has 0 unspecified atom stereocenters. The van der Waals surface area contributed by atoms with E-state index in [0.29, 0.717) is 5.56 Å². The summed E-state index contributed by atoms with van der Waals surface area (Å²) >= 11 is 6.89. The van der Waals surface area contributed by atoms with Gasteiger partial charge >= 0.3 is 11.9 Å². The van der Waals surface area contributed by atoms with Gasteiger partial charge in [0.05, 0.1) is 30.5 Å². The van der Waals surface area contributed by atoms with E-state index in [1.54, 1.807) is 20.9 Å². The van der Waals surface area contributed by atoms with Crippen LogP contribution in [0.15, 0.2) is 6.20 Å². The molecule has 1 amide bonds. The number of aryl methyl sites for hydroxylation is 1. The highest BCUT2D eigenvalue weighted by molar-refractivity contribution is 7.18. The number of methoxy groups -OCH3 is 1. The molecular formula is C15H16ClN3O5S. The molecule has 0 saturated carbocycles. The Bertz CT molecular complexity index is 823. The van der Waals surface area contributed by atoms with Crippen molar-refractivity contribution in [1.82, 2.24) is 9.78 Å². The second-order valence-electron chi connectivity index (χ2n) is 4.89. The third kappa shape index (κ3) is 3.67. The van der Waals surface area contributed by atoms with Gasteiger partial charge < -0.3 is 14.8 Å². The highest BCUT2D eigenvalue weighted by Gasteiger charge is 2.28.